The Kier molecular flexibility index (Phi) is 4.60. The summed E-state index contributed by atoms with van der Waals surface area (Å²) in [6.07, 6.45) is 4.79. The second-order valence-electron chi connectivity index (χ2n) is 5.64. The lowest BCUT2D eigenvalue weighted by atomic mass is 10.0. The quantitative estimate of drug-likeness (QED) is 0.882. The highest BCUT2D eigenvalue weighted by Gasteiger charge is 2.16. The highest BCUT2D eigenvalue weighted by molar-refractivity contribution is 7.99. The first-order valence-corrected chi connectivity index (χ1v) is 8.60. The zero-order valence-electron chi connectivity index (χ0n) is 12.5. The molecule has 1 aliphatic heterocycles. The molecule has 2 heterocycles. The fourth-order valence-electron chi connectivity index (χ4n) is 2.82. The number of thioether (sulfide) groups is 1. The Bertz CT molecular complexity index is 608. The molecule has 2 aromatic rings. The molecule has 0 spiro atoms. The number of benzene rings is 1. The van der Waals surface area contributed by atoms with Gasteiger partial charge in [0.25, 0.3) is 0 Å². The number of hydrogen-bond acceptors (Lipinski definition) is 4. The normalized spacial score (nSPS) is 16.3. The van der Waals surface area contributed by atoms with Gasteiger partial charge >= 0.3 is 0 Å². The van der Waals surface area contributed by atoms with Crippen LogP contribution in [0.5, 0.6) is 0 Å². The van der Waals surface area contributed by atoms with Gasteiger partial charge in [-0.1, -0.05) is 42.4 Å². The standard InChI is InChI=1S/C16H22N4S/c1-12-7-4-5-8-13(12)14(17)11-21-16-19-18-15-9-3-2-6-10-20(15)16/h4-5,7-8,14H,2-3,6,9-11,17H2,1H3. The average molecular weight is 302 g/mol. The third-order valence-corrected chi connectivity index (χ3v) is 5.14. The molecule has 1 atom stereocenters. The lowest BCUT2D eigenvalue weighted by Gasteiger charge is -2.14. The molecule has 4 nitrogen and oxygen atoms in total. The van der Waals surface area contributed by atoms with Crippen molar-refractivity contribution in [2.24, 2.45) is 5.73 Å². The van der Waals surface area contributed by atoms with Crippen LogP contribution in [0.3, 0.4) is 0 Å². The molecule has 1 aromatic heterocycles. The van der Waals surface area contributed by atoms with Crippen molar-refractivity contribution in [3.63, 3.8) is 0 Å². The first kappa shape index (κ1) is 14.6. The van der Waals surface area contributed by atoms with Crippen LogP contribution in [0, 0.1) is 6.92 Å². The van der Waals surface area contributed by atoms with Gasteiger partial charge in [0.2, 0.25) is 0 Å². The molecule has 1 aliphatic rings. The second-order valence-corrected chi connectivity index (χ2v) is 6.62. The fourth-order valence-corrected chi connectivity index (χ4v) is 3.78. The van der Waals surface area contributed by atoms with Gasteiger partial charge in [0.1, 0.15) is 5.82 Å². The maximum absolute atomic E-state index is 6.34. The largest absolute Gasteiger partial charge is 0.323 e. The number of rotatable bonds is 4. The number of nitrogens with zero attached hydrogens (tertiary/aromatic N) is 3. The molecule has 0 amide bonds. The van der Waals surface area contributed by atoms with Crippen molar-refractivity contribution in [2.75, 3.05) is 5.75 Å². The highest BCUT2D eigenvalue weighted by atomic mass is 32.2. The summed E-state index contributed by atoms with van der Waals surface area (Å²) >= 11 is 1.73. The minimum absolute atomic E-state index is 0.0370. The van der Waals surface area contributed by atoms with Gasteiger partial charge in [-0.05, 0) is 30.9 Å². The zero-order valence-corrected chi connectivity index (χ0v) is 13.3. The molecular formula is C16H22N4S. The van der Waals surface area contributed by atoms with E-state index in [0.29, 0.717) is 0 Å². The van der Waals surface area contributed by atoms with Crippen molar-refractivity contribution < 1.29 is 0 Å². The van der Waals surface area contributed by atoms with Crippen LogP contribution >= 0.6 is 11.8 Å². The lowest BCUT2D eigenvalue weighted by molar-refractivity contribution is 0.590. The van der Waals surface area contributed by atoms with Gasteiger partial charge in [0.15, 0.2) is 5.16 Å². The van der Waals surface area contributed by atoms with Gasteiger partial charge in [-0.15, -0.1) is 10.2 Å². The van der Waals surface area contributed by atoms with Crippen LogP contribution in [0.15, 0.2) is 29.4 Å². The van der Waals surface area contributed by atoms with Crippen LogP contribution in [0.1, 0.15) is 42.3 Å². The lowest BCUT2D eigenvalue weighted by Crippen LogP contribution is -2.15. The van der Waals surface area contributed by atoms with Crippen molar-refractivity contribution >= 4 is 11.8 Å². The summed E-state index contributed by atoms with van der Waals surface area (Å²) in [5.41, 5.74) is 8.82. The molecule has 21 heavy (non-hydrogen) atoms. The Morgan fingerprint density at radius 1 is 1.24 bits per heavy atom. The third kappa shape index (κ3) is 3.30. The summed E-state index contributed by atoms with van der Waals surface area (Å²) in [6.45, 7) is 3.16. The summed E-state index contributed by atoms with van der Waals surface area (Å²) in [5, 5.41) is 9.71. The Hall–Kier alpha value is -1.33. The molecule has 2 N–H and O–H groups in total. The van der Waals surface area contributed by atoms with Gasteiger partial charge in [-0.25, -0.2) is 0 Å². The van der Waals surface area contributed by atoms with Gasteiger partial charge in [0, 0.05) is 24.8 Å². The van der Waals surface area contributed by atoms with E-state index in [1.807, 2.05) is 0 Å². The van der Waals surface area contributed by atoms with E-state index >= 15 is 0 Å². The molecular weight excluding hydrogens is 280 g/mol. The molecule has 3 rings (SSSR count). The van der Waals surface area contributed by atoms with Crippen LogP contribution in [0.25, 0.3) is 0 Å². The number of nitrogens with two attached hydrogens (primary N) is 1. The minimum Gasteiger partial charge on any atom is -0.323 e. The van der Waals surface area contributed by atoms with E-state index in [1.54, 1.807) is 11.8 Å². The van der Waals surface area contributed by atoms with E-state index in [4.69, 9.17) is 5.73 Å². The van der Waals surface area contributed by atoms with Crippen LogP contribution in [-0.4, -0.2) is 20.5 Å². The minimum atomic E-state index is 0.0370. The fraction of sp³-hybridized carbons (Fsp3) is 0.500. The average Bonchev–Trinajstić information content (AvgIpc) is 2.72. The SMILES string of the molecule is Cc1ccccc1C(N)CSc1nnc2n1CCCCC2. The highest BCUT2D eigenvalue weighted by Crippen LogP contribution is 2.26. The van der Waals surface area contributed by atoms with E-state index in [1.165, 1.54) is 30.4 Å². The molecule has 0 saturated carbocycles. The van der Waals surface area contributed by atoms with Crippen LogP contribution < -0.4 is 5.73 Å². The Morgan fingerprint density at radius 2 is 2.10 bits per heavy atom. The van der Waals surface area contributed by atoms with Crippen molar-refractivity contribution in [3.05, 3.63) is 41.2 Å². The number of hydrogen-bond donors (Lipinski definition) is 1. The van der Waals surface area contributed by atoms with E-state index in [2.05, 4.69) is 46.0 Å². The summed E-state index contributed by atoms with van der Waals surface area (Å²) in [6, 6.07) is 8.37. The molecule has 1 unspecified atom stereocenters. The molecule has 0 bridgehead atoms. The Balaban J connectivity index is 1.68. The second kappa shape index (κ2) is 6.62. The number of aryl methyl sites for hydroxylation is 2. The summed E-state index contributed by atoms with van der Waals surface area (Å²) < 4.78 is 2.28. The smallest absolute Gasteiger partial charge is 0.191 e. The molecule has 1 aromatic carbocycles. The summed E-state index contributed by atoms with van der Waals surface area (Å²) in [5.74, 6) is 1.97. The van der Waals surface area contributed by atoms with E-state index in [9.17, 15) is 0 Å². The van der Waals surface area contributed by atoms with Gasteiger partial charge in [0.05, 0.1) is 0 Å². The van der Waals surface area contributed by atoms with Gasteiger partial charge in [-0.3, -0.25) is 0 Å². The van der Waals surface area contributed by atoms with E-state index in [0.717, 1.165) is 29.7 Å². The monoisotopic (exact) mass is 302 g/mol. The number of fused-ring (bicyclic) bond motifs is 1. The van der Waals surface area contributed by atoms with Crippen LogP contribution in [0.4, 0.5) is 0 Å². The van der Waals surface area contributed by atoms with E-state index < -0.39 is 0 Å². The zero-order chi connectivity index (χ0) is 14.7. The van der Waals surface area contributed by atoms with Crippen molar-refractivity contribution in [3.8, 4) is 0 Å². The third-order valence-electron chi connectivity index (χ3n) is 4.06. The van der Waals surface area contributed by atoms with Crippen molar-refractivity contribution in [1.29, 1.82) is 0 Å². The summed E-state index contributed by atoms with van der Waals surface area (Å²) in [7, 11) is 0. The molecule has 112 valence electrons. The predicted molar refractivity (Wildman–Crippen MR) is 86.4 cm³/mol. The Morgan fingerprint density at radius 3 is 2.95 bits per heavy atom. The maximum atomic E-state index is 6.34. The van der Waals surface area contributed by atoms with Gasteiger partial charge < -0.3 is 10.3 Å². The van der Waals surface area contributed by atoms with Crippen molar-refractivity contribution in [1.82, 2.24) is 14.8 Å². The summed E-state index contributed by atoms with van der Waals surface area (Å²) in [4.78, 5) is 0. The maximum Gasteiger partial charge on any atom is 0.191 e. The van der Waals surface area contributed by atoms with Crippen molar-refractivity contribution in [2.45, 2.75) is 50.4 Å². The predicted octanol–water partition coefficient (Wildman–Crippen LogP) is 3.11. The molecule has 5 heteroatoms. The van der Waals surface area contributed by atoms with Crippen LogP contribution in [0.2, 0.25) is 0 Å². The van der Waals surface area contributed by atoms with Crippen LogP contribution in [-0.2, 0) is 13.0 Å². The Labute approximate surface area is 130 Å². The van der Waals surface area contributed by atoms with E-state index in [-0.39, 0.29) is 6.04 Å². The van der Waals surface area contributed by atoms with Gasteiger partial charge in [-0.2, -0.15) is 0 Å². The first-order valence-electron chi connectivity index (χ1n) is 7.61. The topological polar surface area (TPSA) is 56.7 Å². The first-order chi connectivity index (χ1) is 10.3. The molecule has 0 saturated heterocycles. The number of aromatic nitrogens is 3. The molecule has 0 radical (unpaired) electrons. The molecule has 0 fully saturated rings. The molecule has 0 aliphatic carbocycles.